The number of halogens is 1. The highest BCUT2D eigenvalue weighted by atomic mass is 32.1. The molecular formula is C13H13FN2OS. The van der Waals surface area contributed by atoms with E-state index in [0.717, 1.165) is 11.3 Å². The number of amides is 1. The van der Waals surface area contributed by atoms with Crippen molar-refractivity contribution in [2.45, 2.75) is 13.3 Å². The smallest absolute Gasteiger partial charge is 0.265 e. The minimum Gasteiger partial charge on any atom is -0.399 e. The summed E-state index contributed by atoms with van der Waals surface area (Å²) < 4.78 is 13.5. The Kier molecular flexibility index (Phi) is 3.62. The summed E-state index contributed by atoms with van der Waals surface area (Å²) in [6.07, 6.45) is 0.883. The molecule has 1 heterocycles. The summed E-state index contributed by atoms with van der Waals surface area (Å²) in [6, 6.07) is 7.83. The van der Waals surface area contributed by atoms with Gasteiger partial charge < -0.3 is 11.1 Å². The fraction of sp³-hybridized carbons (Fsp3) is 0.154. The molecule has 18 heavy (non-hydrogen) atoms. The first-order valence-corrected chi connectivity index (χ1v) is 6.37. The van der Waals surface area contributed by atoms with Crippen molar-refractivity contribution in [3.8, 4) is 0 Å². The molecule has 0 aliphatic carbocycles. The van der Waals surface area contributed by atoms with Gasteiger partial charge in [-0.3, -0.25) is 4.79 Å². The van der Waals surface area contributed by atoms with Gasteiger partial charge in [0.2, 0.25) is 0 Å². The number of thiophene rings is 1. The molecule has 0 saturated heterocycles. The van der Waals surface area contributed by atoms with E-state index >= 15 is 0 Å². The summed E-state index contributed by atoms with van der Waals surface area (Å²) in [4.78, 5) is 13.6. The number of nitrogens with two attached hydrogens (primary N) is 1. The Morgan fingerprint density at radius 1 is 1.39 bits per heavy atom. The molecular weight excluding hydrogens is 251 g/mol. The van der Waals surface area contributed by atoms with Crippen LogP contribution in [-0.4, -0.2) is 5.91 Å². The summed E-state index contributed by atoms with van der Waals surface area (Å²) in [5.41, 5.74) is 5.91. The van der Waals surface area contributed by atoms with Gasteiger partial charge in [0, 0.05) is 10.6 Å². The molecule has 94 valence electrons. The number of nitrogens with one attached hydrogen (secondary N) is 1. The van der Waals surface area contributed by atoms with E-state index in [2.05, 4.69) is 5.32 Å². The highest BCUT2D eigenvalue weighted by molar-refractivity contribution is 7.14. The number of carbonyl (C=O) groups is 1. The van der Waals surface area contributed by atoms with Gasteiger partial charge in [-0.15, -0.1) is 11.3 Å². The quantitative estimate of drug-likeness (QED) is 0.836. The Bertz CT molecular complexity index is 580. The molecule has 0 spiro atoms. The lowest BCUT2D eigenvalue weighted by molar-refractivity contribution is 0.103. The summed E-state index contributed by atoms with van der Waals surface area (Å²) in [5.74, 6) is -0.834. The van der Waals surface area contributed by atoms with Crippen molar-refractivity contribution < 1.29 is 9.18 Å². The maximum Gasteiger partial charge on any atom is 0.265 e. The van der Waals surface area contributed by atoms with Crippen molar-refractivity contribution in [3.63, 3.8) is 0 Å². The normalized spacial score (nSPS) is 10.3. The number of hydrogen-bond acceptors (Lipinski definition) is 3. The predicted octanol–water partition coefficient (Wildman–Crippen LogP) is 3.28. The van der Waals surface area contributed by atoms with Crippen molar-refractivity contribution in [3.05, 3.63) is 45.9 Å². The topological polar surface area (TPSA) is 55.1 Å². The molecule has 0 aliphatic heterocycles. The van der Waals surface area contributed by atoms with Gasteiger partial charge in [0.05, 0.1) is 10.6 Å². The molecule has 0 radical (unpaired) electrons. The minimum absolute atomic E-state index is 0.139. The van der Waals surface area contributed by atoms with Crippen LogP contribution in [0.2, 0.25) is 0 Å². The van der Waals surface area contributed by atoms with Crippen LogP contribution >= 0.6 is 11.3 Å². The minimum atomic E-state index is -0.532. The third kappa shape index (κ3) is 2.68. The van der Waals surface area contributed by atoms with E-state index in [4.69, 9.17) is 5.73 Å². The molecule has 0 bridgehead atoms. The Morgan fingerprint density at radius 2 is 2.17 bits per heavy atom. The molecule has 3 nitrogen and oxygen atoms in total. The Balaban J connectivity index is 2.16. The van der Waals surface area contributed by atoms with Crippen LogP contribution in [0.25, 0.3) is 0 Å². The lowest BCUT2D eigenvalue weighted by atomic mass is 10.2. The van der Waals surface area contributed by atoms with Gasteiger partial charge in [0.25, 0.3) is 5.91 Å². The van der Waals surface area contributed by atoms with Gasteiger partial charge in [-0.2, -0.15) is 0 Å². The highest BCUT2D eigenvalue weighted by Gasteiger charge is 2.11. The molecule has 0 atom stereocenters. The fourth-order valence-electron chi connectivity index (χ4n) is 1.51. The first kappa shape index (κ1) is 12.6. The van der Waals surface area contributed by atoms with Gasteiger partial charge in [0.15, 0.2) is 0 Å². The van der Waals surface area contributed by atoms with Crippen LogP contribution in [0.1, 0.15) is 21.5 Å². The van der Waals surface area contributed by atoms with Gasteiger partial charge in [-0.1, -0.05) is 6.92 Å². The average Bonchev–Trinajstić information content (AvgIpc) is 2.81. The first-order valence-electron chi connectivity index (χ1n) is 5.55. The first-order chi connectivity index (χ1) is 8.60. The van der Waals surface area contributed by atoms with Gasteiger partial charge in [-0.05, 0) is 36.8 Å². The zero-order valence-corrected chi connectivity index (χ0v) is 10.7. The Hall–Kier alpha value is -1.88. The molecule has 3 N–H and O–H groups in total. The molecule has 0 fully saturated rings. The highest BCUT2D eigenvalue weighted by Crippen LogP contribution is 2.21. The lowest BCUT2D eigenvalue weighted by Crippen LogP contribution is -2.11. The summed E-state index contributed by atoms with van der Waals surface area (Å²) in [7, 11) is 0. The van der Waals surface area contributed by atoms with Gasteiger partial charge in [0.1, 0.15) is 5.82 Å². The Morgan fingerprint density at radius 3 is 2.78 bits per heavy atom. The second-order valence-electron chi connectivity index (χ2n) is 3.81. The molecule has 5 heteroatoms. The number of carbonyl (C=O) groups excluding carboxylic acids is 1. The van der Waals surface area contributed by atoms with Crippen LogP contribution in [0.3, 0.4) is 0 Å². The molecule has 1 amide bonds. The largest absolute Gasteiger partial charge is 0.399 e. The number of hydrogen-bond donors (Lipinski definition) is 2. The molecule has 2 aromatic rings. The molecule has 2 rings (SSSR count). The number of nitrogen functional groups attached to an aromatic ring is 1. The summed E-state index contributed by atoms with van der Waals surface area (Å²) in [5, 5.41) is 2.53. The third-order valence-electron chi connectivity index (χ3n) is 2.48. The summed E-state index contributed by atoms with van der Waals surface area (Å²) in [6.45, 7) is 2.02. The molecule has 1 aromatic heterocycles. The van der Waals surface area contributed by atoms with Crippen LogP contribution in [0, 0.1) is 5.82 Å². The van der Waals surface area contributed by atoms with Crippen molar-refractivity contribution >= 4 is 28.6 Å². The van der Waals surface area contributed by atoms with Crippen molar-refractivity contribution in [2.75, 3.05) is 11.1 Å². The maximum atomic E-state index is 13.5. The van der Waals surface area contributed by atoms with Crippen molar-refractivity contribution in [1.82, 2.24) is 0 Å². The predicted molar refractivity (Wildman–Crippen MR) is 72.5 cm³/mol. The van der Waals surface area contributed by atoms with Crippen LogP contribution in [-0.2, 0) is 6.42 Å². The van der Waals surface area contributed by atoms with E-state index in [9.17, 15) is 9.18 Å². The van der Waals surface area contributed by atoms with E-state index < -0.39 is 5.82 Å². The lowest BCUT2D eigenvalue weighted by Gasteiger charge is -2.05. The van der Waals surface area contributed by atoms with Gasteiger partial charge >= 0.3 is 0 Å². The molecule has 0 saturated carbocycles. The Labute approximate surface area is 108 Å². The average molecular weight is 264 g/mol. The standard InChI is InChI=1S/C13H13FN2OS/c1-2-9-4-6-12(18-9)13(17)16-11-5-3-8(15)7-10(11)14/h3-7H,2,15H2,1H3,(H,16,17). The van der Waals surface area contributed by atoms with Crippen molar-refractivity contribution in [1.29, 1.82) is 0 Å². The second kappa shape index (κ2) is 5.18. The maximum absolute atomic E-state index is 13.5. The zero-order chi connectivity index (χ0) is 13.1. The zero-order valence-electron chi connectivity index (χ0n) is 9.87. The van der Waals surface area contributed by atoms with E-state index in [0.29, 0.717) is 10.6 Å². The third-order valence-corrected chi connectivity index (χ3v) is 3.70. The van der Waals surface area contributed by atoms with E-state index in [1.54, 1.807) is 12.1 Å². The SMILES string of the molecule is CCc1ccc(C(=O)Nc2ccc(N)cc2F)s1. The molecule has 1 aromatic carbocycles. The number of aryl methyl sites for hydroxylation is 1. The molecule has 0 unspecified atom stereocenters. The van der Waals surface area contributed by atoms with Crippen LogP contribution in [0.4, 0.5) is 15.8 Å². The fourth-order valence-corrected chi connectivity index (χ4v) is 2.35. The monoisotopic (exact) mass is 264 g/mol. The number of rotatable bonds is 3. The van der Waals surface area contributed by atoms with Crippen LogP contribution in [0.15, 0.2) is 30.3 Å². The number of benzene rings is 1. The summed E-state index contributed by atoms with van der Waals surface area (Å²) >= 11 is 1.41. The van der Waals surface area contributed by atoms with E-state index in [-0.39, 0.29) is 11.6 Å². The number of anilines is 2. The van der Waals surface area contributed by atoms with Gasteiger partial charge in [-0.25, -0.2) is 4.39 Å². The van der Waals surface area contributed by atoms with Crippen LogP contribution < -0.4 is 11.1 Å². The molecule has 0 aliphatic rings. The second-order valence-corrected chi connectivity index (χ2v) is 4.98. The van der Waals surface area contributed by atoms with E-state index in [1.165, 1.54) is 23.5 Å². The van der Waals surface area contributed by atoms with E-state index in [1.807, 2.05) is 13.0 Å². The van der Waals surface area contributed by atoms with Crippen molar-refractivity contribution in [2.24, 2.45) is 0 Å². The van der Waals surface area contributed by atoms with Crippen LogP contribution in [0.5, 0.6) is 0 Å².